The standard InChI is InChI=1S/C11H18F3N3/c1-3-5-6-7-8-17-9(4-2)10(15-16-17)11(12,13)14/h3-8H2,1-2H3. The third-order valence-corrected chi connectivity index (χ3v) is 2.66. The van der Waals surface area contributed by atoms with E-state index in [9.17, 15) is 13.2 Å². The first-order chi connectivity index (χ1) is 8.00. The maximum absolute atomic E-state index is 12.6. The molecule has 0 saturated heterocycles. The molecule has 0 aliphatic carbocycles. The van der Waals surface area contributed by atoms with Crippen LogP contribution in [0.4, 0.5) is 13.2 Å². The number of nitrogens with zero attached hydrogens (tertiary/aromatic N) is 3. The second-order valence-electron chi connectivity index (χ2n) is 4.02. The van der Waals surface area contributed by atoms with E-state index < -0.39 is 11.9 Å². The fraction of sp³-hybridized carbons (Fsp3) is 0.818. The van der Waals surface area contributed by atoms with Crippen molar-refractivity contribution in [3.05, 3.63) is 11.4 Å². The van der Waals surface area contributed by atoms with Crippen LogP contribution in [0.2, 0.25) is 0 Å². The smallest absolute Gasteiger partial charge is 0.249 e. The number of hydrogen-bond donors (Lipinski definition) is 0. The summed E-state index contributed by atoms with van der Waals surface area (Å²) in [7, 11) is 0. The molecule has 0 spiro atoms. The molecule has 6 heteroatoms. The Bertz CT molecular complexity index is 344. The average Bonchev–Trinajstić information content (AvgIpc) is 2.67. The molecule has 1 aromatic heterocycles. The number of aryl methyl sites for hydroxylation is 1. The quantitative estimate of drug-likeness (QED) is 0.723. The van der Waals surface area contributed by atoms with Crippen LogP contribution in [0.1, 0.15) is 50.9 Å². The van der Waals surface area contributed by atoms with Gasteiger partial charge in [0, 0.05) is 6.54 Å². The van der Waals surface area contributed by atoms with E-state index in [1.165, 1.54) is 4.68 Å². The van der Waals surface area contributed by atoms with Crippen LogP contribution >= 0.6 is 0 Å². The first kappa shape index (κ1) is 14.0. The number of unbranched alkanes of at least 4 members (excludes halogenated alkanes) is 3. The Morgan fingerprint density at radius 2 is 1.82 bits per heavy atom. The van der Waals surface area contributed by atoms with E-state index in [1.54, 1.807) is 6.92 Å². The number of hydrogen-bond acceptors (Lipinski definition) is 2. The highest BCUT2D eigenvalue weighted by atomic mass is 19.4. The van der Waals surface area contributed by atoms with Gasteiger partial charge in [-0.25, -0.2) is 4.68 Å². The molecule has 1 rings (SSSR count). The first-order valence-electron chi connectivity index (χ1n) is 6.00. The molecule has 1 heterocycles. The van der Waals surface area contributed by atoms with Crippen LogP contribution in [-0.4, -0.2) is 15.0 Å². The van der Waals surface area contributed by atoms with Gasteiger partial charge in [-0.3, -0.25) is 0 Å². The van der Waals surface area contributed by atoms with Crippen molar-refractivity contribution < 1.29 is 13.2 Å². The second-order valence-corrected chi connectivity index (χ2v) is 4.02. The maximum Gasteiger partial charge on any atom is 0.437 e. The summed E-state index contributed by atoms with van der Waals surface area (Å²) in [6, 6.07) is 0. The van der Waals surface area contributed by atoms with E-state index in [4.69, 9.17) is 0 Å². The average molecular weight is 249 g/mol. The summed E-state index contributed by atoms with van der Waals surface area (Å²) in [5.41, 5.74) is -0.649. The lowest BCUT2D eigenvalue weighted by molar-refractivity contribution is -0.141. The molecule has 0 bridgehead atoms. The topological polar surface area (TPSA) is 30.7 Å². The maximum atomic E-state index is 12.6. The molecule has 0 amide bonds. The van der Waals surface area contributed by atoms with E-state index in [-0.39, 0.29) is 5.69 Å². The van der Waals surface area contributed by atoms with Gasteiger partial charge in [0.25, 0.3) is 0 Å². The summed E-state index contributed by atoms with van der Waals surface area (Å²) in [4.78, 5) is 0. The van der Waals surface area contributed by atoms with E-state index in [1.807, 2.05) is 0 Å². The highest BCUT2D eigenvalue weighted by Crippen LogP contribution is 2.30. The highest BCUT2D eigenvalue weighted by Gasteiger charge is 2.37. The van der Waals surface area contributed by atoms with Crippen molar-refractivity contribution in [3.8, 4) is 0 Å². The molecule has 0 radical (unpaired) electrons. The predicted octanol–water partition coefficient (Wildman–Crippen LogP) is 3.44. The monoisotopic (exact) mass is 249 g/mol. The number of alkyl halides is 3. The molecule has 0 unspecified atom stereocenters. The Labute approximate surface area is 99.0 Å². The van der Waals surface area contributed by atoms with Crippen LogP contribution in [0.3, 0.4) is 0 Å². The van der Waals surface area contributed by atoms with Crippen molar-refractivity contribution in [1.82, 2.24) is 15.0 Å². The molecule has 98 valence electrons. The minimum Gasteiger partial charge on any atom is -0.249 e. The van der Waals surface area contributed by atoms with Gasteiger partial charge in [-0.05, 0) is 12.8 Å². The summed E-state index contributed by atoms with van der Waals surface area (Å²) in [6.45, 7) is 4.30. The molecule has 0 aliphatic heterocycles. The Morgan fingerprint density at radius 3 is 2.35 bits per heavy atom. The van der Waals surface area contributed by atoms with Crippen LogP contribution in [0, 0.1) is 0 Å². The molecular formula is C11H18F3N3. The molecule has 3 nitrogen and oxygen atoms in total. The van der Waals surface area contributed by atoms with Gasteiger partial charge in [0.2, 0.25) is 0 Å². The fourth-order valence-corrected chi connectivity index (χ4v) is 1.77. The largest absolute Gasteiger partial charge is 0.437 e. The van der Waals surface area contributed by atoms with E-state index >= 15 is 0 Å². The molecule has 0 fully saturated rings. The third kappa shape index (κ3) is 3.71. The Balaban J connectivity index is 2.70. The summed E-state index contributed by atoms with van der Waals surface area (Å²) in [5, 5.41) is 6.84. The molecule has 0 aliphatic rings. The zero-order chi connectivity index (χ0) is 12.9. The highest BCUT2D eigenvalue weighted by molar-refractivity contribution is 5.13. The number of halogens is 3. The molecule has 0 aromatic carbocycles. The minimum absolute atomic E-state index is 0.189. The third-order valence-electron chi connectivity index (χ3n) is 2.66. The zero-order valence-corrected chi connectivity index (χ0v) is 10.2. The van der Waals surface area contributed by atoms with Gasteiger partial charge in [-0.2, -0.15) is 13.2 Å². The SMILES string of the molecule is CCCCCCn1nnc(C(F)(F)F)c1CC. The minimum atomic E-state index is -4.40. The van der Waals surface area contributed by atoms with Gasteiger partial charge >= 0.3 is 6.18 Å². The van der Waals surface area contributed by atoms with Crippen molar-refractivity contribution in [2.75, 3.05) is 0 Å². The Hall–Kier alpha value is -1.07. The van der Waals surface area contributed by atoms with Crippen LogP contribution in [0.25, 0.3) is 0 Å². The Kier molecular flexibility index (Phi) is 4.96. The second kappa shape index (κ2) is 6.02. The normalized spacial score (nSPS) is 12.1. The summed E-state index contributed by atoms with van der Waals surface area (Å²) in [6.07, 6.45) is -0.0287. The van der Waals surface area contributed by atoms with Crippen molar-refractivity contribution in [3.63, 3.8) is 0 Å². The van der Waals surface area contributed by atoms with Gasteiger partial charge in [-0.15, -0.1) is 5.10 Å². The Morgan fingerprint density at radius 1 is 1.12 bits per heavy atom. The number of rotatable bonds is 6. The van der Waals surface area contributed by atoms with Crippen LogP contribution in [-0.2, 0) is 19.1 Å². The van der Waals surface area contributed by atoms with Gasteiger partial charge in [0.05, 0.1) is 5.69 Å². The van der Waals surface area contributed by atoms with Crippen molar-refractivity contribution in [2.45, 2.75) is 58.7 Å². The van der Waals surface area contributed by atoms with E-state index in [2.05, 4.69) is 17.2 Å². The van der Waals surface area contributed by atoms with E-state index in [0.29, 0.717) is 13.0 Å². The van der Waals surface area contributed by atoms with Crippen molar-refractivity contribution >= 4 is 0 Å². The van der Waals surface area contributed by atoms with Gasteiger partial charge in [0.1, 0.15) is 0 Å². The number of aromatic nitrogens is 3. The summed E-state index contributed by atoms with van der Waals surface area (Å²) >= 11 is 0. The zero-order valence-electron chi connectivity index (χ0n) is 10.2. The van der Waals surface area contributed by atoms with Crippen molar-refractivity contribution in [2.24, 2.45) is 0 Å². The molecular weight excluding hydrogens is 231 g/mol. The fourth-order valence-electron chi connectivity index (χ4n) is 1.77. The van der Waals surface area contributed by atoms with Crippen LogP contribution in [0.15, 0.2) is 0 Å². The lowest BCUT2D eigenvalue weighted by atomic mass is 10.2. The molecule has 17 heavy (non-hydrogen) atoms. The van der Waals surface area contributed by atoms with Crippen molar-refractivity contribution in [1.29, 1.82) is 0 Å². The summed E-state index contributed by atoms with van der Waals surface area (Å²) in [5.74, 6) is 0. The first-order valence-corrected chi connectivity index (χ1v) is 6.00. The van der Waals surface area contributed by atoms with Crippen LogP contribution < -0.4 is 0 Å². The summed E-state index contributed by atoms with van der Waals surface area (Å²) < 4.78 is 39.1. The predicted molar refractivity (Wildman–Crippen MR) is 58.5 cm³/mol. The van der Waals surface area contributed by atoms with Gasteiger partial charge in [0.15, 0.2) is 5.69 Å². The van der Waals surface area contributed by atoms with E-state index in [0.717, 1.165) is 25.7 Å². The molecule has 0 saturated carbocycles. The van der Waals surface area contributed by atoms with Crippen LogP contribution in [0.5, 0.6) is 0 Å². The molecule has 1 aromatic rings. The van der Waals surface area contributed by atoms with Gasteiger partial charge in [-0.1, -0.05) is 38.3 Å². The molecule has 0 atom stereocenters. The van der Waals surface area contributed by atoms with Gasteiger partial charge < -0.3 is 0 Å². The lowest BCUT2D eigenvalue weighted by Crippen LogP contribution is -2.11. The lowest BCUT2D eigenvalue weighted by Gasteiger charge is -2.07. The molecule has 0 N–H and O–H groups in total.